The maximum atomic E-state index is 12.8. The van der Waals surface area contributed by atoms with Gasteiger partial charge in [-0.15, -0.1) is 0 Å². The Labute approximate surface area is 215 Å². The van der Waals surface area contributed by atoms with E-state index in [1.165, 1.54) is 35.4 Å². The fraction of sp³-hybridized carbons (Fsp3) is 0.250. The van der Waals surface area contributed by atoms with Crippen molar-refractivity contribution < 1.29 is 17.9 Å². The molecule has 0 aliphatic carbocycles. The van der Waals surface area contributed by atoms with Crippen molar-refractivity contribution in [3.05, 3.63) is 76.9 Å². The van der Waals surface area contributed by atoms with Crippen molar-refractivity contribution in [2.45, 2.75) is 31.3 Å². The molecule has 186 valence electrons. The fourth-order valence-electron chi connectivity index (χ4n) is 3.00. The first-order valence-electron chi connectivity index (χ1n) is 10.7. The topological polar surface area (TPSA) is 101 Å². The van der Waals surface area contributed by atoms with Crippen molar-refractivity contribution in [1.29, 1.82) is 0 Å². The molecule has 3 rings (SSSR count). The molecule has 11 heteroatoms. The SMILES string of the molecule is CC(C)(C)OC(=O)N(CCNc1ncccc1NS(=O)(=O)c1ccc(Cl)cc1)c1ccc(Cl)cc1. The van der Waals surface area contributed by atoms with E-state index < -0.39 is 21.7 Å². The van der Waals surface area contributed by atoms with Gasteiger partial charge in [0.2, 0.25) is 0 Å². The fourth-order valence-corrected chi connectivity index (χ4v) is 4.31. The highest BCUT2D eigenvalue weighted by atomic mass is 35.5. The van der Waals surface area contributed by atoms with Crippen molar-refractivity contribution in [3.8, 4) is 0 Å². The number of amides is 1. The number of hydrogen-bond donors (Lipinski definition) is 2. The Morgan fingerprint density at radius 3 is 2.20 bits per heavy atom. The van der Waals surface area contributed by atoms with Crippen LogP contribution in [0.1, 0.15) is 20.8 Å². The molecular formula is C24H26Cl2N4O4S. The van der Waals surface area contributed by atoms with Gasteiger partial charge in [0.15, 0.2) is 0 Å². The largest absolute Gasteiger partial charge is 0.443 e. The van der Waals surface area contributed by atoms with Crippen LogP contribution < -0.4 is 14.9 Å². The van der Waals surface area contributed by atoms with Crippen LogP contribution in [0.2, 0.25) is 10.0 Å². The number of rotatable bonds is 8. The van der Waals surface area contributed by atoms with Crippen molar-refractivity contribution >= 4 is 56.5 Å². The number of pyridine rings is 1. The predicted molar refractivity (Wildman–Crippen MR) is 140 cm³/mol. The summed E-state index contributed by atoms with van der Waals surface area (Å²) in [6, 6.07) is 15.9. The molecule has 8 nitrogen and oxygen atoms in total. The van der Waals surface area contributed by atoms with E-state index in [0.717, 1.165) is 0 Å². The van der Waals surface area contributed by atoms with Crippen LogP contribution in [-0.2, 0) is 14.8 Å². The van der Waals surface area contributed by atoms with Gasteiger partial charge in [-0.3, -0.25) is 9.62 Å². The zero-order valence-corrected chi connectivity index (χ0v) is 21.8. The van der Waals surface area contributed by atoms with E-state index in [1.807, 2.05) is 0 Å². The van der Waals surface area contributed by atoms with Gasteiger partial charge >= 0.3 is 6.09 Å². The van der Waals surface area contributed by atoms with Gasteiger partial charge < -0.3 is 10.1 Å². The van der Waals surface area contributed by atoms with E-state index in [1.54, 1.807) is 57.2 Å². The summed E-state index contributed by atoms with van der Waals surface area (Å²) < 4.78 is 33.7. The lowest BCUT2D eigenvalue weighted by Crippen LogP contribution is -2.39. The molecule has 0 radical (unpaired) electrons. The first kappa shape index (κ1) is 26.6. The second-order valence-corrected chi connectivity index (χ2v) is 11.0. The molecule has 2 aromatic carbocycles. The molecule has 0 saturated heterocycles. The van der Waals surface area contributed by atoms with Crippen molar-refractivity contribution in [2.75, 3.05) is 28.0 Å². The van der Waals surface area contributed by atoms with Crippen LogP contribution in [0, 0.1) is 0 Å². The maximum absolute atomic E-state index is 12.8. The lowest BCUT2D eigenvalue weighted by Gasteiger charge is -2.27. The molecule has 35 heavy (non-hydrogen) atoms. The lowest BCUT2D eigenvalue weighted by molar-refractivity contribution is 0.0581. The predicted octanol–water partition coefficient (Wildman–Crippen LogP) is 6.04. The number of ether oxygens (including phenoxy) is 1. The standard InChI is InChI=1S/C24H26Cl2N4O4S/c1-24(2,3)34-23(31)30(19-10-6-17(25)7-11-19)16-15-28-22-21(5-4-14-27-22)29-35(32,33)20-12-8-18(26)9-13-20/h4-14,29H,15-16H2,1-3H3,(H,27,28). The smallest absolute Gasteiger partial charge is 0.414 e. The second-order valence-electron chi connectivity index (χ2n) is 8.49. The highest BCUT2D eigenvalue weighted by Crippen LogP contribution is 2.24. The summed E-state index contributed by atoms with van der Waals surface area (Å²) in [5.41, 5.74) is 0.191. The van der Waals surface area contributed by atoms with Crippen LogP contribution >= 0.6 is 23.2 Å². The zero-order valence-electron chi connectivity index (χ0n) is 19.5. The van der Waals surface area contributed by atoms with Crippen LogP contribution in [0.5, 0.6) is 0 Å². The Morgan fingerprint density at radius 2 is 1.60 bits per heavy atom. The molecule has 0 unspecified atom stereocenters. The zero-order chi connectivity index (χ0) is 25.6. The molecule has 0 spiro atoms. The average molecular weight is 537 g/mol. The number of sulfonamides is 1. The Bertz CT molecular complexity index is 1260. The molecule has 0 aliphatic heterocycles. The highest BCUT2D eigenvalue weighted by Gasteiger charge is 2.23. The number of hydrogen-bond acceptors (Lipinski definition) is 6. The molecule has 1 heterocycles. The van der Waals surface area contributed by atoms with Gasteiger partial charge in [0.05, 0.1) is 10.6 Å². The van der Waals surface area contributed by atoms with E-state index in [0.29, 0.717) is 21.6 Å². The molecule has 0 bridgehead atoms. The van der Waals surface area contributed by atoms with Gasteiger partial charge in [-0.1, -0.05) is 23.2 Å². The summed E-state index contributed by atoms with van der Waals surface area (Å²) in [6.07, 6.45) is 1.01. The Kier molecular flexibility index (Phi) is 8.47. The molecule has 0 aliphatic rings. The van der Waals surface area contributed by atoms with Gasteiger partial charge in [-0.2, -0.15) is 0 Å². The molecule has 3 aromatic rings. The number of carbonyl (C=O) groups is 1. The van der Waals surface area contributed by atoms with Gasteiger partial charge in [0.1, 0.15) is 11.4 Å². The normalized spacial score (nSPS) is 11.6. The Hall–Kier alpha value is -3.01. The third-order valence-electron chi connectivity index (χ3n) is 4.56. The third-order valence-corrected chi connectivity index (χ3v) is 6.44. The van der Waals surface area contributed by atoms with Gasteiger partial charge in [0, 0.05) is 35.0 Å². The summed E-state index contributed by atoms with van der Waals surface area (Å²) in [7, 11) is -3.86. The monoisotopic (exact) mass is 536 g/mol. The number of halogens is 2. The van der Waals surface area contributed by atoms with Crippen molar-refractivity contribution in [2.24, 2.45) is 0 Å². The van der Waals surface area contributed by atoms with Gasteiger partial charge in [0.25, 0.3) is 10.0 Å². The molecule has 0 saturated carbocycles. The number of benzene rings is 2. The summed E-state index contributed by atoms with van der Waals surface area (Å²) >= 11 is 11.9. The maximum Gasteiger partial charge on any atom is 0.414 e. The first-order valence-corrected chi connectivity index (χ1v) is 12.9. The van der Waals surface area contributed by atoms with Crippen LogP contribution in [0.15, 0.2) is 71.8 Å². The van der Waals surface area contributed by atoms with E-state index in [2.05, 4.69) is 15.0 Å². The minimum Gasteiger partial charge on any atom is -0.443 e. The van der Waals surface area contributed by atoms with Crippen LogP contribution in [0.3, 0.4) is 0 Å². The number of carbonyl (C=O) groups excluding carboxylic acids is 1. The van der Waals surface area contributed by atoms with Crippen LogP contribution in [-0.4, -0.2) is 38.2 Å². The van der Waals surface area contributed by atoms with E-state index >= 15 is 0 Å². The van der Waals surface area contributed by atoms with E-state index in [4.69, 9.17) is 27.9 Å². The van der Waals surface area contributed by atoms with Crippen molar-refractivity contribution in [1.82, 2.24) is 4.98 Å². The summed E-state index contributed by atoms with van der Waals surface area (Å²) in [4.78, 5) is 18.6. The Balaban J connectivity index is 1.75. The number of aromatic nitrogens is 1. The number of nitrogens with zero attached hydrogens (tertiary/aromatic N) is 2. The van der Waals surface area contributed by atoms with Gasteiger partial charge in [-0.05, 0) is 81.4 Å². The van der Waals surface area contributed by atoms with Crippen LogP contribution in [0.25, 0.3) is 0 Å². The van der Waals surface area contributed by atoms with Crippen molar-refractivity contribution in [3.63, 3.8) is 0 Å². The lowest BCUT2D eigenvalue weighted by atomic mass is 10.2. The van der Waals surface area contributed by atoms with Crippen LogP contribution in [0.4, 0.5) is 22.0 Å². The van der Waals surface area contributed by atoms with Gasteiger partial charge in [-0.25, -0.2) is 18.2 Å². The molecule has 2 N–H and O–H groups in total. The average Bonchev–Trinajstić information content (AvgIpc) is 2.77. The number of nitrogens with one attached hydrogen (secondary N) is 2. The third kappa shape index (κ3) is 7.74. The summed E-state index contributed by atoms with van der Waals surface area (Å²) in [5.74, 6) is 0.310. The summed E-state index contributed by atoms with van der Waals surface area (Å²) in [5, 5.41) is 4.07. The van der Waals surface area contributed by atoms with E-state index in [9.17, 15) is 13.2 Å². The minimum atomic E-state index is -3.86. The number of anilines is 3. The first-order chi connectivity index (χ1) is 16.4. The Morgan fingerprint density at radius 1 is 1.00 bits per heavy atom. The molecule has 0 fully saturated rings. The molecule has 0 atom stereocenters. The second kappa shape index (κ2) is 11.2. The molecule has 1 aromatic heterocycles. The quantitative estimate of drug-likeness (QED) is 0.363. The van der Waals surface area contributed by atoms with E-state index in [-0.39, 0.29) is 23.7 Å². The molecular weight excluding hydrogens is 511 g/mol. The highest BCUT2D eigenvalue weighted by molar-refractivity contribution is 7.92. The minimum absolute atomic E-state index is 0.0653. The summed E-state index contributed by atoms with van der Waals surface area (Å²) in [6.45, 7) is 5.84. The molecule has 1 amide bonds.